The van der Waals surface area contributed by atoms with E-state index in [1.807, 2.05) is 18.3 Å². The zero-order chi connectivity index (χ0) is 21.5. The van der Waals surface area contributed by atoms with Gasteiger partial charge in [0.2, 0.25) is 0 Å². The minimum absolute atomic E-state index is 0.0105. The van der Waals surface area contributed by atoms with Gasteiger partial charge in [0.15, 0.2) is 5.11 Å². The van der Waals surface area contributed by atoms with Crippen molar-refractivity contribution in [3.05, 3.63) is 53.2 Å². The molecule has 0 spiro atoms. The van der Waals surface area contributed by atoms with Crippen molar-refractivity contribution in [3.8, 4) is 0 Å². The molecule has 3 heterocycles. The summed E-state index contributed by atoms with van der Waals surface area (Å²) < 4.78 is 5.63. The normalized spacial score (nSPS) is 18.8. The summed E-state index contributed by atoms with van der Waals surface area (Å²) in [7, 11) is 0. The zero-order valence-corrected chi connectivity index (χ0v) is 19.5. The summed E-state index contributed by atoms with van der Waals surface area (Å²) in [4.78, 5) is 7.05. The number of thiocarbonyl (C=S) groups is 1. The zero-order valence-electron chi connectivity index (χ0n) is 17.9. The van der Waals surface area contributed by atoms with Gasteiger partial charge in [-0.1, -0.05) is 36.6 Å². The van der Waals surface area contributed by atoms with Crippen LogP contribution in [0.2, 0.25) is 5.02 Å². The summed E-state index contributed by atoms with van der Waals surface area (Å²) in [5, 5.41) is 8.10. The predicted molar refractivity (Wildman–Crippen MR) is 132 cm³/mol. The van der Waals surface area contributed by atoms with Crippen LogP contribution in [0, 0.1) is 0 Å². The Kier molecular flexibility index (Phi) is 7.64. The largest absolute Gasteiger partial charge is 0.381 e. The van der Waals surface area contributed by atoms with E-state index in [1.165, 1.54) is 31.2 Å². The van der Waals surface area contributed by atoms with Crippen molar-refractivity contribution in [2.75, 3.05) is 43.1 Å². The van der Waals surface area contributed by atoms with Crippen LogP contribution in [0.3, 0.4) is 0 Å². The van der Waals surface area contributed by atoms with Crippen LogP contribution in [0.15, 0.2) is 42.6 Å². The Hall–Kier alpha value is -1.89. The van der Waals surface area contributed by atoms with E-state index < -0.39 is 0 Å². The second-order valence-electron chi connectivity index (χ2n) is 8.51. The first-order valence-electron chi connectivity index (χ1n) is 11.2. The van der Waals surface area contributed by atoms with Gasteiger partial charge in [0.25, 0.3) is 0 Å². The molecule has 2 saturated heterocycles. The number of nitrogens with zero attached hydrogens (tertiary/aromatic N) is 2. The molecule has 4 rings (SSSR count). The smallest absolute Gasteiger partial charge is 0.170 e. The maximum absolute atomic E-state index is 6.10. The van der Waals surface area contributed by atoms with Crippen LogP contribution in [0.25, 0.3) is 0 Å². The maximum atomic E-state index is 6.10. The third kappa shape index (κ3) is 5.88. The Morgan fingerprint density at radius 1 is 1.03 bits per heavy atom. The molecule has 31 heavy (non-hydrogen) atoms. The van der Waals surface area contributed by atoms with Crippen LogP contribution in [0.4, 0.5) is 11.5 Å². The molecule has 2 aromatic rings. The molecule has 0 saturated carbocycles. The van der Waals surface area contributed by atoms with E-state index in [2.05, 4.69) is 44.8 Å². The Labute approximate surface area is 195 Å². The molecule has 2 aliphatic heterocycles. The Bertz CT molecular complexity index is 845. The minimum atomic E-state index is -0.0105. The third-order valence-corrected chi connectivity index (χ3v) is 6.93. The van der Waals surface area contributed by atoms with Gasteiger partial charge in [0.05, 0.1) is 11.9 Å². The second-order valence-corrected chi connectivity index (χ2v) is 9.36. The Balaban J connectivity index is 1.35. The van der Waals surface area contributed by atoms with Crippen LogP contribution < -0.4 is 15.5 Å². The number of pyridine rings is 1. The molecule has 0 amide bonds. The number of aromatic nitrogens is 1. The summed E-state index contributed by atoms with van der Waals surface area (Å²) >= 11 is 11.7. The van der Waals surface area contributed by atoms with Crippen LogP contribution in [0.1, 0.15) is 44.1 Å². The van der Waals surface area contributed by atoms with Crippen LogP contribution >= 0.6 is 23.8 Å². The molecule has 5 nitrogen and oxygen atoms in total. The van der Waals surface area contributed by atoms with Crippen molar-refractivity contribution < 1.29 is 4.74 Å². The molecule has 1 aromatic carbocycles. The number of nitrogens with one attached hydrogen (secondary N) is 2. The lowest BCUT2D eigenvalue weighted by atomic mass is 9.74. The van der Waals surface area contributed by atoms with Crippen LogP contribution in [0.5, 0.6) is 0 Å². The molecule has 0 aliphatic carbocycles. The summed E-state index contributed by atoms with van der Waals surface area (Å²) in [6.45, 7) is 4.45. The fraction of sp³-hybridized carbons (Fsp3) is 0.500. The van der Waals surface area contributed by atoms with E-state index in [9.17, 15) is 0 Å². The van der Waals surface area contributed by atoms with E-state index in [4.69, 9.17) is 28.6 Å². The highest BCUT2D eigenvalue weighted by Gasteiger charge is 2.34. The lowest BCUT2D eigenvalue weighted by Gasteiger charge is -2.38. The van der Waals surface area contributed by atoms with Crippen LogP contribution in [-0.2, 0) is 10.2 Å². The molecule has 0 bridgehead atoms. The molecule has 2 N–H and O–H groups in total. The van der Waals surface area contributed by atoms with Crippen molar-refractivity contribution in [3.63, 3.8) is 0 Å². The first-order chi connectivity index (χ1) is 15.1. The number of benzene rings is 1. The van der Waals surface area contributed by atoms with Gasteiger partial charge in [-0.25, -0.2) is 4.98 Å². The molecular weight excluding hydrogens is 428 g/mol. The van der Waals surface area contributed by atoms with Crippen molar-refractivity contribution >= 4 is 40.4 Å². The summed E-state index contributed by atoms with van der Waals surface area (Å²) in [6, 6.07) is 12.3. The minimum Gasteiger partial charge on any atom is -0.381 e. The molecule has 7 heteroatoms. The second kappa shape index (κ2) is 10.6. The molecule has 2 fully saturated rings. The highest BCUT2D eigenvalue weighted by atomic mass is 35.5. The topological polar surface area (TPSA) is 49.4 Å². The van der Waals surface area contributed by atoms with Gasteiger partial charge in [-0.3, -0.25) is 0 Å². The number of hydrogen-bond donors (Lipinski definition) is 2. The van der Waals surface area contributed by atoms with E-state index >= 15 is 0 Å². The van der Waals surface area contributed by atoms with E-state index in [0.29, 0.717) is 5.11 Å². The highest BCUT2D eigenvalue weighted by Crippen LogP contribution is 2.35. The molecular formula is C24H31ClN4OS. The monoisotopic (exact) mass is 458 g/mol. The van der Waals surface area contributed by atoms with Crippen molar-refractivity contribution in [1.29, 1.82) is 0 Å². The van der Waals surface area contributed by atoms with Gasteiger partial charge in [-0.05, 0) is 67.7 Å². The Morgan fingerprint density at radius 2 is 1.74 bits per heavy atom. The fourth-order valence-electron chi connectivity index (χ4n) is 4.50. The molecule has 1 aromatic heterocycles. The first-order valence-corrected chi connectivity index (χ1v) is 12.0. The summed E-state index contributed by atoms with van der Waals surface area (Å²) in [6.07, 6.45) is 8.91. The molecule has 2 aliphatic rings. The van der Waals surface area contributed by atoms with E-state index in [-0.39, 0.29) is 5.41 Å². The molecule has 166 valence electrons. The van der Waals surface area contributed by atoms with Gasteiger partial charge in [0, 0.05) is 43.3 Å². The predicted octanol–water partition coefficient (Wildman–Crippen LogP) is 5.15. The van der Waals surface area contributed by atoms with Crippen molar-refractivity contribution in [2.24, 2.45) is 0 Å². The summed E-state index contributed by atoms with van der Waals surface area (Å²) in [5.74, 6) is 1.05. The first kappa shape index (κ1) is 22.3. The number of ether oxygens (including phenoxy) is 1. The number of halogens is 1. The maximum Gasteiger partial charge on any atom is 0.170 e. The van der Waals surface area contributed by atoms with Crippen molar-refractivity contribution in [1.82, 2.24) is 10.3 Å². The summed E-state index contributed by atoms with van der Waals surface area (Å²) in [5.41, 5.74) is 2.17. The molecule has 0 radical (unpaired) electrons. The van der Waals surface area contributed by atoms with E-state index in [1.54, 1.807) is 0 Å². The van der Waals surface area contributed by atoms with Crippen LogP contribution in [-0.4, -0.2) is 42.9 Å². The quantitative estimate of drug-likeness (QED) is 0.604. The number of rotatable bonds is 5. The average Bonchev–Trinajstić information content (AvgIpc) is 3.09. The highest BCUT2D eigenvalue weighted by molar-refractivity contribution is 7.80. The fourth-order valence-corrected chi connectivity index (χ4v) is 4.82. The third-order valence-electron chi connectivity index (χ3n) is 6.43. The van der Waals surface area contributed by atoms with Gasteiger partial charge in [0.1, 0.15) is 5.82 Å². The average molecular weight is 459 g/mol. The molecule has 0 atom stereocenters. The van der Waals surface area contributed by atoms with Gasteiger partial charge in [-0.15, -0.1) is 0 Å². The Morgan fingerprint density at radius 3 is 2.39 bits per heavy atom. The van der Waals surface area contributed by atoms with E-state index in [0.717, 1.165) is 62.2 Å². The van der Waals surface area contributed by atoms with Gasteiger partial charge < -0.3 is 20.3 Å². The standard InChI is InChI=1S/C24H31ClN4OS/c25-20-7-5-19(6-8-20)24(11-15-30-16-12-24)18-27-23(31)28-21-9-10-22(26-17-21)29-13-3-1-2-4-14-29/h5-10,17H,1-4,11-16,18H2,(H2,27,28,31). The van der Waals surface area contributed by atoms with Gasteiger partial charge >= 0.3 is 0 Å². The van der Waals surface area contributed by atoms with Gasteiger partial charge in [-0.2, -0.15) is 0 Å². The number of anilines is 2. The molecule has 0 unspecified atom stereocenters. The van der Waals surface area contributed by atoms with Crippen molar-refractivity contribution in [2.45, 2.75) is 43.9 Å². The lowest BCUT2D eigenvalue weighted by molar-refractivity contribution is 0.0515. The SMILES string of the molecule is S=C(NCC1(c2ccc(Cl)cc2)CCOCC1)Nc1ccc(N2CCCCCC2)nc1. The number of hydrogen-bond acceptors (Lipinski definition) is 4. The lowest BCUT2D eigenvalue weighted by Crippen LogP contribution is -2.45.